The molecule has 0 spiro atoms. The van der Waals surface area contributed by atoms with Crippen molar-refractivity contribution < 1.29 is 8.42 Å². The number of hydrogen-bond donors (Lipinski definition) is 2. The predicted molar refractivity (Wildman–Crippen MR) is 94.1 cm³/mol. The second-order valence-corrected chi connectivity index (χ2v) is 7.95. The first-order chi connectivity index (χ1) is 11.6. The minimum atomic E-state index is -3.49. The Morgan fingerprint density at radius 2 is 1.79 bits per heavy atom. The van der Waals surface area contributed by atoms with E-state index in [0.717, 1.165) is 42.6 Å². The van der Waals surface area contributed by atoms with Crippen LogP contribution in [0.5, 0.6) is 0 Å². The van der Waals surface area contributed by atoms with Gasteiger partial charge < -0.3 is 4.98 Å². The Balaban J connectivity index is 1.68. The van der Waals surface area contributed by atoms with Crippen LogP contribution in [0.3, 0.4) is 0 Å². The van der Waals surface area contributed by atoms with Crippen LogP contribution in [0.25, 0.3) is 22.4 Å². The molecule has 0 unspecified atom stereocenters. The van der Waals surface area contributed by atoms with Gasteiger partial charge in [0.1, 0.15) is 5.82 Å². The van der Waals surface area contributed by atoms with Crippen LogP contribution < -0.4 is 4.72 Å². The van der Waals surface area contributed by atoms with Crippen LogP contribution in [0, 0.1) is 0 Å². The highest BCUT2D eigenvalue weighted by atomic mass is 32.2. The molecule has 0 aliphatic heterocycles. The standard InChI is InChI=1S/C18H19N3O2S/c22-24(23,21-14-8-4-5-9-14)15-10-11-16-17(12-15)20-18(19-16)13-6-2-1-3-7-13/h1-3,6-7,10-12,14,21H,4-5,8-9H2,(H,19,20). The highest BCUT2D eigenvalue weighted by molar-refractivity contribution is 7.89. The van der Waals surface area contributed by atoms with E-state index in [2.05, 4.69) is 14.7 Å². The third-order valence-electron chi connectivity index (χ3n) is 4.49. The quantitative estimate of drug-likeness (QED) is 0.763. The van der Waals surface area contributed by atoms with Crippen molar-refractivity contribution in [1.29, 1.82) is 0 Å². The van der Waals surface area contributed by atoms with Crippen LogP contribution in [0.15, 0.2) is 53.4 Å². The minimum absolute atomic E-state index is 0.0600. The molecule has 1 aliphatic rings. The Bertz CT molecular complexity index is 958. The first-order valence-corrected chi connectivity index (χ1v) is 9.68. The fourth-order valence-corrected chi connectivity index (χ4v) is 4.54. The number of sulfonamides is 1. The van der Waals surface area contributed by atoms with Crippen LogP contribution in [-0.4, -0.2) is 24.4 Å². The lowest BCUT2D eigenvalue weighted by Gasteiger charge is -2.12. The molecule has 6 heteroatoms. The van der Waals surface area contributed by atoms with Crippen molar-refractivity contribution >= 4 is 21.1 Å². The van der Waals surface area contributed by atoms with Gasteiger partial charge in [-0.1, -0.05) is 43.2 Å². The van der Waals surface area contributed by atoms with Gasteiger partial charge in [-0.2, -0.15) is 0 Å². The van der Waals surface area contributed by atoms with Gasteiger partial charge in [-0.3, -0.25) is 0 Å². The van der Waals surface area contributed by atoms with Crippen LogP contribution in [-0.2, 0) is 10.0 Å². The van der Waals surface area contributed by atoms with Gasteiger partial charge in [-0.05, 0) is 31.0 Å². The molecule has 0 bridgehead atoms. The second kappa shape index (κ2) is 6.03. The lowest BCUT2D eigenvalue weighted by atomic mass is 10.2. The molecule has 0 saturated heterocycles. The van der Waals surface area contributed by atoms with Crippen molar-refractivity contribution in [3.05, 3.63) is 48.5 Å². The number of rotatable bonds is 4. The monoisotopic (exact) mass is 341 g/mol. The normalized spacial score (nSPS) is 16.0. The fraction of sp³-hybridized carbons (Fsp3) is 0.278. The van der Waals surface area contributed by atoms with Crippen LogP contribution in [0.4, 0.5) is 0 Å². The summed E-state index contributed by atoms with van der Waals surface area (Å²) in [6, 6.07) is 14.9. The molecule has 1 fully saturated rings. The highest BCUT2D eigenvalue weighted by Gasteiger charge is 2.23. The summed E-state index contributed by atoms with van der Waals surface area (Å²) in [4.78, 5) is 8.05. The number of aromatic nitrogens is 2. The van der Waals surface area contributed by atoms with E-state index >= 15 is 0 Å². The third kappa shape index (κ3) is 2.95. The topological polar surface area (TPSA) is 74.8 Å². The Hall–Kier alpha value is -2.18. The molecule has 124 valence electrons. The van der Waals surface area contributed by atoms with E-state index in [1.807, 2.05) is 30.3 Å². The highest BCUT2D eigenvalue weighted by Crippen LogP contribution is 2.24. The van der Waals surface area contributed by atoms with Crippen molar-refractivity contribution in [1.82, 2.24) is 14.7 Å². The number of imidazole rings is 1. The number of nitrogens with one attached hydrogen (secondary N) is 2. The zero-order chi connectivity index (χ0) is 16.6. The second-order valence-electron chi connectivity index (χ2n) is 6.23. The molecule has 2 aromatic carbocycles. The van der Waals surface area contributed by atoms with Crippen molar-refractivity contribution in [3.63, 3.8) is 0 Å². The van der Waals surface area contributed by atoms with E-state index in [1.54, 1.807) is 18.2 Å². The van der Waals surface area contributed by atoms with Crippen molar-refractivity contribution in [2.45, 2.75) is 36.6 Å². The van der Waals surface area contributed by atoms with Crippen molar-refractivity contribution in [2.24, 2.45) is 0 Å². The number of benzene rings is 2. The van der Waals surface area contributed by atoms with Gasteiger partial charge in [0.05, 0.1) is 15.9 Å². The molecule has 2 N–H and O–H groups in total. The summed E-state index contributed by atoms with van der Waals surface area (Å²) < 4.78 is 27.9. The maximum Gasteiger partial charge on any atom is 0.240 e. The summed E-state index contributed by atoms with van der Waals surface area (Å²) in [5, 5.41) is 0. The van der Waals surface area contributed by atoms with Crippen molar-refractivity contribution in [2.75, 3.05) is 0 Å². The van der Waals surface area contributed by atoms with Gasteiger partial charge in [0.25, 0.3) is 0 Å². The molecule has 0 amide bonds. The number of fused-ring (bicyclic) bond motifs is 1. The molecule has 24 heavy (non-hydrogen) atoms. The van der Waals surface area contributed by atoms with Gasteiger partial charge in [0.15, 0.2) is 0 Å². The zero-order valence-electron chi connectivity index (χ0n) is 13.2. The first kappa shape index (κ1) is 15.4. The molecular weight excluding hydrogens is 322 g/mol. The number of H-pyrrole nitrogens is 1. The molecule has 5 nitrogen and oxygen atoms in total. The number of nitrogens with zero attached hydrogens (tertiary/aromatic N) is 1. The SMILES string of the molecule is O=S(=O)(NC1CCCC1)c1ccc2[nH]c(-c3ccccc3)nc2c1. The zero-order valence-corrected chi connectivity index (χ0v) is 14.0. The van der Waals surface area contributed by atoms with Gasteiger partial charge >= 0.3 is 0 Å². The van der Waals surface area contributed by atoms with Gasteiger partial charge in [0.2, 0.25) is 10.0 Å². The molecule has 1 aliphatic carbocycles. The lowest BCUT2D eigenvalue weighted by Crippen LogP contribution is -2.32. The summed E-state index contributed by atoms with van der Waals surface area (Å²) in [5.41, 5.74) is 2.46. The maximum atomic E-state index is 12.6. The summed E-state index contributed by atoms with van der Waals surface area (Å²) in [6.07, 6.45) is 4.02. The summed E-state index contributed by atoms with van der Waals surface area (Å²) in [7, 11) is -3.49. The van der Waals surface area contributed by atoms with Crippen molar-refractivity contribution in [3.8, 4) is 11.4 Å². The molecule has 1 aromatic heterocycles. The van der Waals surface area contributed by atoms with E-state index in [1.165, 1.54) is 0 Å². The van der Waals surface area contributed by atoms with E-state index in [0.29, 0.717) is 5.52 Å². The molecule has 0 atom stereocenters. The number of hydrogen-bond acceptors (Lipinski definition) is 3. The van der Waals surface area contributed by atoms with Gasteiger partial charge in [-0.25, -0.2) is 18.1 Å². The summed E-state index contributed by atoms with van der Waals surface area (Å²) >= 11 is 0. The minimum Gasteiger partial charge on any atom is -0.338 e. The fourth-order valence-electron chi connectivity index (χ4n) is 3.22. The van der Waals surface area contributed by atoms with Crippen LogP contribution >= 0.6 is 0 Å². The maximum absolute atomic E-state index is 12.6. The Morgan fingerprint density at radius 3 is 2.54 bits per heavy atom. The summed E-state index contributed by atoms with van der Waals surface area (Å²) in [5.74, 6) is 0.740. The first-order valence-electron chi connectivity index (χ1n) is 8.19. The summed E-state index contributed by atoms with van der Waals surface area (Å²) in [6.45, 7) is 0. The molecule has 1 saturated carbocycles. The van der Waals surface area contributed by atoms with Crippen LogP contribution in [0.1, 0.15) is 25.7 Å². The van der Waals surface area contributed by atoms with E-state index in [4.69, 9.17) is 0 Å². The van der Waals surface area contributed by atoms with Gasteiger partial charge in [0, 0.05) is 11.6 Å². The van der Waals surface area contributed by atoms with E-state index in [9.17, 15) is 8.42 Å². The van der Waals surface area contributed by atoms with E-state index < -0.39 is 10.0 Å². The lowest BCUT2D eigenvalue weighted by molar-refractivity contribution is 0.552. The molecular formula is C18H19N3O2S. The molecule has 1 heterocycles. The van der Waals surface area contributed by atoms with Gasteiger partial charge in [-0.15, -0.1) is 0 Å². The average molecular weight is 341 g/mol. The van der Waals surface area contributed by atoms with E-state index in [-0.39, 0.29) is 10.9 Å². The number of aromatic amines is 1. The Labute approximate surface area is 141 Å². The predicted octanol–water partition coefficient (Wildman–Crippen LogP) is 3.45. The average Bonchev–Trinajstić information content (AvgIpc) is 3.23. The molecule has 0 radical (unpaired) electrons. The van der Waals surface area contributed by atoms with Crippen LogP contribution in [0.2, 0.25) is 0 Å². The third-order valence-corrected chi connectivity index (χ3v) is 6.01. The smallest absolute Gasteiger partial charge is 0.240 e. The largest absolute Gasteiger partial charge is 0.338 e. The Kier molecular flexibility index (Phi) is 3.86. The molecule has 4 rings (SSSR count). The molecule has 3 aromatic rings. The Morgan fingerprint density at radius 1 is 1.04 bits per heavy atom.